The molecule has 0 aromatic rings. The zero-order valence-corrected chi connectivity index (χ0v) is 6.68. The largest absolute Gasteiger partial charge is 0.383 e. The van der Waals surface area contributed by atoms with Gasteiger partial charge < -0.3 is 10.8 Å². The first-order valence-corrected chi connectivity index (χ1v) is 3.54. The third-order valence-corrected chi connectivity index (χ3v) is 1.99. The van der Waals surface area contributed by atoms with Gasteiger partial charge in [-0.1, -0.05) is 28.1 Å². The van der Waals surface area contributed by atoms with Crippen molar-refractivity contribution in [2.45, 2.75) is 10.6 Å². The van der Waals surface area contributed by atoms with Crippen molar-refractivity contribution in [3.63, 3.8) is 0 Å². The van der Waals surface area contributed by atoms with Crippen LogP contribution in [0, 0.1) is 0 Å². The first-order chi connectivity index (χ1) is 4.54. The van der Waals surface area contributed by atoms with Crippen LogP contribution in [0.25, 0.3) is 0 Å². The van der Waals surface area contributed by atoms with E-state index in [1.165, 1.54) is 18.2 Å². The van der Waals surface area contributed by atoms with Crippen LogP contribution < -0.4 is 5.73 Å². The van der Waals surface area contributed by atoms with Gasteiger partial charge >= 0.3 is 0 Å². The van der Waals surface area contributed by atoms with Crippen molar-refractivity contribution in [1.82, 2.24) is 0 Å². The summed E-state index contributed by atoms with van der Waals surface area (Å²) in [5.41, 5.74) is 5.41. The van der Waals surface area contributed by atoms with Gasteiger partial charge in [0.05, 0.1) is 0 Å². The van der Waals surface area contributed by atoms with Crippen molar-refractivity contribution < 1.29 is 9.50 Å². The molecule has 0 amide bonds. The van der Waals surface area contributed by atoms with Gasteiger partial charge in [0.2, 0.25) is 0 Å². The highest BCUT2D eigenvalue weighted by Crippen LogP contribution is 2.27. The lowest BCUT2D eigenvalue weighted by molar-refractivity contribution is 0.158. The SMILES string of the molecule is NC1(Br)C=CC=C(F)C1O. The first kappa shape index (κ1) is 7.91. The van der Waals surface area contributed by atoms with Gasteiger partial charge in [-0.05, 0) is 6.08 Å². The topological polar surface area (TPSA) is 46.2 Å². The minimum absolute atomic E-state index is 0.623. The molecule has 0 saturated carbocycles. The zero-order valence-electron chi connectivity index (χ0n) is 5.09. The van der Waals surface area contributed by atoms with E-state index >= 15 is 0 Å². The summed E-state index contributed by atoms with van der Waals surface area (Å²) >= 11 is 2.96. The molecular formula is C6H7BrFNO. The molecule has 1 aliphatic carbocycles. The van der Waals surface area contributed by atoms with Crippen LogP contribution in [-0.2, 0) is 0 Å². The Morgan fingerprint density at radius 1 is 1.80 bits per heavy atom. The third kappa shape index (κ3) is 1.28. The van der Waals surface area contributed by atoms with Gasteiger partial charge in [0.1, 0.15) is 16.4 Å². The molecule has 2 atom stereocenters. The monoisotopic (exact) mass is 207 g/mol. The molecule has 0 fully saturated rings. The fraction of sp³-hybridized carbons (Fsp3) is 0.333. The van der Waals surface area contributed by atoms with Gasteiger partial charge in [-0.2, -0.15) is 0 Å². The second-order valence-corrected chi connectivity index (χ2v) is 3.51. The molecule has 0 radical (unpaired) electrons. The fourth-order valence-corrected chi connectivity index (χ4v) is 1.05. The summed E-state index contributed by atoms with van der Waals surface area (Å²) in [5, 5.41) is 9.04. The lowest BCUT2D eigenvalue weighted by atomic mass is 10.1. The lowest BCUT2D eigenvalue weighted by Gasteiger charge is -2.25. The van der Waals surface area contributed by atoms with Crippen LogP contribution in [0.15, 0.2) is 24.1 Å². The molecule has 10 heavy (non-hydrogen) atoms. The van der Waals surface area contributed by atoms with Crippen LogP contribution in [0.4, 0.5) is 4.39 Å². The molecular weight excluding hydrogens is 201 g/mol. The molecule has 0 heterocycles. The summed E-state index contributed by atoms with van der Waals surface area (Å²) < 4.78 is 11.4. The molecule has 2 unspecified atom stereocenters. The van der Waals surface area contributed by atoms with E-state index in [1.807, 2.05) is 0 Å². The lowest BCUT2D eigenvalue weighted by Crippen LogP contribution is -2.44. The summed E-state index contributed by atoms with van der Waals surface area (Å²) in [5.74, 6) is -0.623. The van der Waals surface area contributed by atoms with Crippen molar-refractivity contribution in [2.75, 3.05) is 0 Å². The standard InChI is InChI=1S/C6H7BrFNO/c7-6(9)3-1-2-4(8)5(6)10/h1-3,5,10H,9H2. The molecule has 0 aromatic heterocycles. The maximum atomic E-state index is 12.5. The number of hydrogen-bond acceptors (Lipinski definition) is 2. The highest BCUT2D eigenvalue weighted by atomic mass is 79.9. The molecule has 0 bridgehead atoms. The molecule has 0 aromatic carbocycles. The molecule has 3 N–H and O–H groups in total. The first-order valence-electron chi connectivity index (χ1n) is 2.75. The molecule has 2 nitrogen and oxygen atoms in total. The van der Waals surface area contributed by atoms with E-state index in [0.29, 0.717) is 0 Å². The van der Waals surface area contributed by atoms with Gasteiger partial charge in [-0.3, -0.25) is 0 Å². The van der Waals surface area contributed by atoms with E-state index in [1.54, 1.807) is 0 Å². The van der Waals surface area contributed by atoms with E-state index < -0.39 is 16.4 Å². The Balaban J connectivity index is 2.89. The van der Waals surface area contributed by atoms with E-state index in [-0.39, 0.29) is 0 Å². The maximum absolute atomic E-state index is 12.5. The normalized spacial score (nSPS) is 39.6. The predicted molar refractivity (Wildman–Crippen MR) is 40.2 cm³/mol. The number of aliphatic hydroxyl groups is 1. The predicted octanol–water partition coefficient (Wildman–Crippen LogP) is 0.820. The Morgan fingerprint density at radius 3 is 2.80 bits per heavy atom. The van der Waals surface area contributed by atoms with Crippen LogP contribution in [0.3, 0.4) is 0 Å². The quantitative estimate of drug-likeness (QED) is 0.457. The second kappa shape index (κ2) is 2.45. The highest BCUT2D eigenvalue weighted by molar-refractivity contribution is 9.10. The maximum Gasteiger partial charge on any atom is 0.137 e. The van der Waals surface area contributed by atoms with Gasteiger partial charge in [-0.15, -0.1) is 0 Å². The second-order valence-electron chi connectivity index (χ2n) is 2.14. The Morgan fingerprint density at radius 2 is 2.40 bits per heavy atom. The van der Waals surface area contributed by atoms with Crippen molar-refractivity contribution in [1.29, 1.82) is 0 Å². The Kier molecular flexibility index (Phi) is 1.94. The van der Waals surface area contributed by atoms with Crippen LogP contribution in [-0.4, -0.2) is 15.7 Å². The fourth-order valence-electron chi connectivity index (χ4n) is 0.681. The number of hydrogen-bond donors (Lipinski definition) is 2. The number of rotatable bonds is 0. The van der Waals surface area contributed by atoms with Crippen LogP contribution in [0.5, 0.6) is 0 Å². The third-order valence-electron chi connectivity index (χ3n) is 1.29. The number of nitrogens with two attached hydrogens (primary N) is 1. The summed E-state index contributed by atoms with van der Waals surface area (Å²) in [6.07, 6.45) is 2.84. The molecule has 0 spiro atoms. The zero-order chi connectivity index (χ0) is 7.78. The number of alkyl halides is 1. The Labute approximate surface area is 66.3 Å². The van der Waals surface area contributed by atoms with Crippen LogP contribution in [0.1, 0.15) is 0 Å². The Hall–Kier alpha value is -0.190. The molecule has 56 valence electrons. The number of aliphatic hydroxyl groups excluding tert-OH is 1. The summed E-state index contributed by atoms with van der Waals surface area (Å²) in [6, 6.07) is 0. The Bertz CT molecular complexity index is 200. The molecule has 0 saturated heterocycles. The summed E-state index contributed by atoms with van der Waals surface area (Å²) in [6.45, 7) is 0. The van der Waals surface area contributed by atoms with Gasteiger partial charge in [0.15, 0.2) is 0 Å². The summed E-state index contributed by atoms with van der Waals surface area (Å²) in [4.78, 5) is 0. The summed E-state index contributed by atoms with van der Waals surface area (Å²) in [7, 11) is 0. The molecule has 1 aliphatic rings. The van der Waals surface area contributed by atoms with E-state index in [4.69, 9.17) is 10.8 Å². The molecule has 4 heteroatoms. The minimum atomic E-state index is -1.28. The van der Waals surface area contributed by atoms with Gasteiger partial charge in [-0.25, -0.2) is 4.39 Å². The van der Waals surface area contributed by atoms with Crippen molar-refractivity contribution in [3.8, 4) is 0 Å². The van der Waals surface area contributed by atoms with E-state index in [9.17, 15) is 4.39 Å². The van der Waals surface area contributed by atoms with Crippen LogP contribution in [0.2, 0.25) is 0 Å². The molecule has 1 rings (SSSR count). The van der Waals surface area contributed by atoms with E-state index in [2.05, 4.69) is 15.9 Å². The van der Waals surface area contributed by atoms with Crippen LogP contribution >= 0.6 is 15.9 Å². The van der Waals surface area contributed by atoms with Crippen molar-refractivity contribution >= 4 is 15.9 Å². The number of halogens is 2. The average Bonchev–Trinajstić information content (AvgIpc) is 1.83. The van der Waals surface area contributed by atoms with Crippen molar-refractivity contribution in [2.24, 2.45) is 5.73 Å². The van der Waals surface area contributed by atoms with Crippen molar-refractivity contribution in [3.05, 3.63) is 24.1 Å². The highest BCUT2D eigenvalue weighted by Gasteiger charge is 2.32. The number of allylic oxidation sites excluding steroid dienone is 2. The smallest absolute Gasteiger partial charge is 0.137 e. The van der Waals surface area contributed by atoms with Gasteiger partial charge in [0, 0.05) is 0 Å². The average molecular weight is 208 g/mol. The molecule has 0 aliphatic heterocycles. The van der Waals surface area contributed by atoms with Gasteiger partial charge in [0.25, 0.3) is 0 Å². The van der Waals surface area contributed by atoms with E-state index in [0.717, 1.165) is 0 Å². The minimum Gasteiger partial charge on any atom is -0.383 e.